The minimum atomic E-state index is -0.484. The molecule has 0 atom stereocenters. The van der Waals surface area contributed by atoms with E-state index in [4.69, 9.17) is 21.1 Å². The largest absolute Gasteiger partial charge is 0.493 e. The minimum Gasteiger partial charge on any atom is -0.493 e. The van der Waals surface area contributed by atoms with E-state index in [2.05, 4.69) is 0 Å². The monoisotopic (exact) mass is 421 g/mol. The van der Waals surface area contributed by atoms with Crippen molar-refractivity contribution in [3.05, 3.63) is 63.3 Å². The fraction of sp³-hybridized carbons (Fsp3) is 0.200. The molecule has 0 aliphatic carbocycles. The van der Waals surface area contributed by atoms with Crippen LogP contribution in [0.2, 0.25) is 5.02 Å². The van der Waals surface area contributed by atoms with Crippen LogP contribution in [0.1, 0.15) is 18.1 Å². The molecule has 1 fully saturated rings. The number of thioether (sulfide) groups is 1. The summed E-state index contributed by atoms with van der Waals surface area (Å²) in [6.07, 6.45) is 1.55. The second-order valence-corrected chi connectivity index (χ2v) is 7.23. The zero-order chi connectivity index (χ0) is 20.3. The van der Waals surface area contributed by atoms with Crippen LogP contribution >= 0.6 is 23.4 Å². The SMILES string of the molecule is CCOc1c(Cl)cc(/C=C2\SC(=O)N(Cc3ccccc3F)C2=O)cc1OC. The molecule has 28 heavy (non-hydrogen) atoms. The number of imide groups is 1. The summed E-state index contributed by atoms with van der Waals surface area (Å²) in [5.41, 5.74) is 0.860. The second-order valence-electron chi connectivity index (χ2n) is 5.83. The van der Waals surface area contributed by atoms with Crippen LogP contribution < -0.4 is 9.47 Å². The molecule has 1 heterocycles. The molecule has 0 N–H and O–H groups in total. The molecule has 3 rings (SSSR count). The van der Waals surface area contributed by atoms with Gasteiger partial charge in [0.15, 0.2) is 11.5 Å². The van der Waals surface area contributed by atoms with Crippen LogP contribution in [0.4, 0.5) is 9.18 Å². The zero-order valence-electron chi connectivity index (χ0n) is 15.2. The predicted octanol–water partition coefficient (Wildman–Crippen LogP) is 5.12. The van der Waals surface area contributed by atoms with Crippen molar-refractivity contribution in [1.29, 1.82) is 0 Å². The third-order valence-electron chi connectivity index (χ3n) is 4.00. The van der Waals surface area contributed by atoms with Gasteiger partial charge in [-0.3, -0.25) is 14.5 Å². The number of hydrogen-bond acceptors (Lipinski definition) is 5. The summed E-state index contributed by atoms with van der Waals surface area (Å²) in [5.74, 6) is -0.113. The van der Waals surface area contributed by atoms with Crippen LogP contribution in [0.3, 0.4) is 0 Å². The first kappa shape index (κ1) is 20.2. The van der Waals surface area contributed by atoms with Crippen LogP contribution in [0.15, 0.2) is 41.3 Å². The van der Waals surface area contributed by atoms with Crippen LogP contribution in [0.5, 0.6) is 11.5 Å². The molecule has 2 aromatic carbocycles. The number of rotatable bonds is 6. The van der Waals surface area contributed by atoms with Crippen molar-refractivity contribution in [2.45, 2.75) is 13.5 Å². The minimum absolute atomic E-state index is 0.123. The van der Waals surface area contributed by atoms with Gasteiger partial charge in [0.05, 0.1) is 30.2 Å². The standard InChI is InChI=1S/C20H17ClFNO4S/c1-3-27-18-14(21)8-12(9-16(18)26-2)10-17-19(24)23(20(25)28-17)11-13-6-4-5-7-15(13)22/h4-10H,3,11H2,1-2H3/b17-10-. The Morgan fingerprint density at radius 1 is 1.25 bits per heavy atom. The van der Waals surface area contributed by atoms with Crippen molar-refractivity contribution >= 4 is 40.6 Å². The van der Waals surface area contributed by atoms with Crippen molar-refractivity contribution in [3.63, 3.8) is 0 Å². The summed E-state index contributed by atoms with van der Waals surface area (Å²) in [6.45, 7) is 2.13. The second kappa shape index (κ2) is 8.67. The molecule has 0 spiro atoms. The van der Waals surface area contributed by atoms with Gasteiger partial charge in [-0.1, -0.05) is 29.8 Å². The third kappa shape index (κ3) is 4.15. The number of methoxy groups -OCH3 is 1. The Bertz CT molecular complexity index is 963. The van der Waals surface area contributed by atoms with Crippen molar-refractivity contribution in [1.82, 2.24) is 4.90 Å². The average Bonchev–Trinajstić information content (AvgIpc) is 2.92. The molecule has 1 aliphatic heterocycles. The fourth-order valence-electron chi connectivity index (χ4n) is 2.69. The van der Waals surface area contributed by atoms with Gasteiger partial charge in [-0.05, 0) is 48.5 Å². The molecule has 5 nitrogen and oxygen atoms in total. The number of benzene rings is 2. The van der Waals surface area contributed by atoms with E-state index in [1.165, 1.54) is 13.2 Å². The highest BCUT2D eigenvalue weighted by Crippen LogP contribution is 2.39. The Balaban J connectivity index is 1.87. The van der Waals surface area contributed by atoms with E-state index < -0.39 is 17.0 Å². The Labute approximate surface area is 171 Å². The van der Waals surface area contributed by atoms with Gasteiger partial charge in [0.25, 0.3) is 11.1 Å². The van der Waals surface area contributed by atoms with Gasteiger partial charge < -0.3 is 9.47 Å². The summed E-state index contributed by atoms with van der Waals surface area (Å²) in [6, 6.07) is 9.33. The number of ether oxygens (including phenoxy) is 2. The number of hydrogen-bond donors (Lipinski definition) is 0. The zero-order valence-corrected chi connectivity index (χ0v) is 16.8. The van der Waals surface area contributed by atoms with Gasteiger partial charge >= 0.3 is 0 Å². The molecule has 0 bridgehead atoms. The third-order valence-corrected chi connectivity index (χ3v) is 5.19. The number of carbonyl (C=O) groups is 2. The summed E-state index contributed by atoms with van der Waals surface area (Å²) < 4.78 is 24.6. The normalized spacial score (nSPS) is 15.4. The Kier molecular flexibility index (Phi) is 6.26. The number of halogens is 2. The van der Waals surface area contributed by atoms with Crippen LogP contribution in [-0.2, 0) is 11.3 Å². The van der Waals surface area contributed by atoms with Gasteiger partial charge in [0.2, 0.25) is 0 Å². The summed E-state index contributed by atoms with van der Waals surface area (Å²) in [5, 5.41) is -0.124. The lowest BCUT2D eigenvalue weighted by molar-refractivity contribution is -0.123. The number of amides is 2. The molecular formula is C20H17ClFNO4S. The van der Waals surface area contributed by atoms with E-state index in [-0.39, 0.29) is 17.0 Å². The Morgan fingerprint density at radius 3 is 2.68 bits per heavy atom. The maximum Gasteiger partial charge on any atom is 0.293 e. The van der Waals surface area contributed by atoms with Crippen LogP contribution in [-0.4, -0.2) is 29.8 Å². The Morgan fingerprint density at radius 2 is 2.00 bits per heavy atom. The van der Waals surface area contributed by atoms with Gasteiger partial charge in [0, 0.05) is 5.56 Å². The molecule has 2 amide bonds. The Hall–Kier alpha value is -2.51. The summed E-state index contributed by atoms with van der Waals surface area (Å²) in [7, 11) is 1.49. The van der Waals surface area contributed by atoms with E-state index in [0.29, 0.717) is 28.7 Å². The van der Waals surface area contributed by atoms with Gasteiger partial charge in [-0.2, -0.15) is 0 Å². The molecule has 0 unspecified atom stereocenters. The first-order valence-corrected chi connectivity index (χ1v) is 9.63. The number of nitrogens with zero attached hydrogens (tertiary/aromatic N) is 1. The van der Waals surface area contributed by atoms with Gasteiger partial charge in [0.1, 0.15) is 5.82 Å². The van der Waals surface area contributed by atoms with Crippen molar-refractivity contribution < 1.29 is 23.5 Å². The topological polar surface area (TPSA) is 55.8 Å². The van der Waals surface area contributed by atoms with E-state index in [9.17, 15) is 14.0 Å². The number of carbonyl (C=O) groups excluding carboxylic acids is 2. The molecular weight excluding hydrogens is 405 g/mol. The average molecular weight is 422 g/mol. The van der Waals surface area contributed by atoms with Gasteiger partial charge in [-0.15, -0.1) is 0 Å². The molecule has 0 saturated carbocycles. The van der Waals surface area contributed by atoms with Crippen molar-refractivity contribution in [3.8, 4) is 11.5 Å². The highest BCUT2D eigenvalue weighted by Gasteiger charge is 2.35. The maximum absolute atomic E-state index is 13.9. The highest BCUT2D eigenvalue weighted by atomic mass is 35.5. The lowest BCUT2D eigenvalue weighted by Crippen LogP contribution is -2.27. The van der Waals surface area contributed by atoms with Crippen molar-refractivity contribution in [2.75, 3.05) is 13.7 Å². The van der Waals surface area contributed by atoms with Gasteiger partial charge in [-0.25, -0.2) is 4.39 Å². The van der Waals surface area contributed by atoms with Crippen LogP contribution in [0, 0.1) is 5.82 Å². The maximum atomic E-state index is 13.9. The molecule has 1 saturated heterocycles. The first-order chi connectivity index (χ1) is 13.4. The molecule has 0 aromatic heterocycles. The van der Waals surface area contributed by atoms with E-state index in [1.807, 2.05) is 6.92 Å². The molecule has 2 aromatic rings. The van der Waals surface area contributed by atoms with Crippen LogP contribution in [0.25, 0.3) is 6.08 Å². The molecule has 0 radical (unpaired) electrons. The van der Waals surface area contributed by atoms with E-state index in [1.54, 1.807) is 36.4 Å². The van der Waals surface area contributed by atoms with E-state index >= 15 is 0 Å². The fourth-order valence-corrected chi connectivity index (χ4v) is 3.80. The first-order valence-electron chi connectivity index (χ1n) is 8.43. The predicted molar refractivity (Wildman–Crippen MR) is 107 cm³/mol. The highest BCUT2D eigenvalue weighted by molar-refractivity contribution is 8.18. The summed E-state index contributed by atoms with van der Waals surface area (Å²) >= 11 is 7.05. The lowest BCUT2D eigenvalue weighted by atomic mass is 10.1. The summed E-state index contributed by atoms with van der Waals surface area (Å²) in [4.78, 5) is 26.2. The molecule has 8 heteroatoms. The smallest absolute Gasteiger partial charge is 0.293 e. The quantitative estimate of drug-likeness (QED) is 0.606. The lowest BCUT2D eigenvalue weighted by Gasteiger charge is -2.13. The molecule has 146 valence electrons. The molecule has 1 aliphatic rings. The van der Waals surface area contributed by atoms with Crippen molar-refractivity contribution in [2.24, 2.45) is 0 Å². The van der Waals surface area contributed by atoms with E-state index in [0.717, 1.165) is 16.7 Å².